The first-order valence-corrected chi connectivity index (χ1v) is 8.70. The monoisotopic (exact) mass is 377 g/mol. The minimum atomic E-state index is -4.42. The zero-order valence-corrected chi connectivity index (χ0v) is 14.5. The lowest BCUT2D eigenvalue weighted by atomic mass is 10.0. The van der Waals surface area contributed by atoms with Crippen molar-refractivity contribution >= 4 is 5.91 Å². The summed E-state index contributed by atoms with van der Waals surface area (Å²) in [5.41, 5.74) is 0.385. The molecule has 2 aromatic rings. The minimum Gasteiger partial charge on any atom is -0.454 e. The van der Waals surface area contributed by atoms with Crippen LogP contribution in [0.15, 0.2) is 42.5 Å². The maximum absolute atomic E-state index is 13.2. The summed E-state index contributed by atoms with van der Waals surface area (Å²) in [7, 11) is 0. The number of carbonyl (C=O) groups is 1. The van der Waals surface area contributed by atoms with Crippen molar-refractivity contribution in [2.24, 2.45) is 5.92 Å². The van der Waals surface area contributed by atoms with Gasteiger partial charge < -0.3 is 14.8 Å². The van der Waals surface area contributed by atoms with Gasteiger partial charge in [-0.25, -0.2) is 0 Å². The largest absolute Gasteiger partial charge is 0.454 e. The number of hydrogen-bond donors (Lipinski definition) is 1. The first-order chi connectivity index (χ1) is 12.8. The molecule has 4 nitrogen and oxygen atoms in total. The molecular weight excluding hydrogens is 359 g/mol. The smallest absolute Gasteiger partial charge is 0.416 e. The molecule has 1 amide bonds. The summed E-state index contributed by atoms with van der Waals surface area (Å²) in [6.45, 7) is 2.00. The van der Waals surface area contributed by atoms with Gasteiger partial charge in [0.15, 0.2) is 11.5 Å². The number of nitrogens with one attached hydrogen (secondary N) is 1. The number of ether oxygens (including phenoxy) is 2. The SMILES string of the molecule is C[C@H](NC(=O)[C@H]1C[C@@H]1c1ccccc1C(F)(F)F)c1ccc2c(c1)OCO2. The Morgan fingerprint density at radius 1 is 1.15 bits per heavy atom. The maximum atomic E-state index is 13.2. The second-order valence-electron chi connectivity index (χ2n) is 6.88. The average molecular weight is 377 g/mol. The molecule has 0 aromatic heterocycles. The van der Waals surface area contributed by atoms with Crippen molar-refractivity contribution < 1.29 is 27.4 Å². The summed E-state index contributed by atoms with van der Waals surface area (Å²) in [6, 6.07) is 10.6. The van der Waals surface area contributed by atoms with Crippen molar-refractivity contribution in [2.75, 3.05) is 6.79 Å². The number of amides is 1. The summed E-state index contributed by atoms with van der Waals surface area (Å²) in [5.74, 6) is 0.208. The molecule has 7 heteroatoms. The number of hydrogen-bond acceptors (Lipinski definition) is 3. The molecule has 1 fully saturated rings. The van der Waals surface area contributed by atoms with E-state index in [-0.39, 0.29) is 24.3 Å². The Hall–Kier alpha value is -2.70. The highest BCUT2D eigenvalue weighted by Gasteiger charge is 2.48. The van der Waals surface area contributed by atoms with Crippen molar-refractivity contribution in [1.29, 1.82) is 0 Å². The molecule has 0 saturated heterocycles. The molecule has 3 atom stereocenters. The lowest BCUT2D eigenvalue weighted by Gasteiger charge is -2.16. The topological polar surface area (TPSA) is 47.6 Å². The van der Waals surface area contributed by atoms with E-state index in [0.29, 0.717) is 17.9 Å². The van der Waals surface area contributed by atoms with E-state index in [2.05, 4.69) is 5.32 Å². The highest BCUT2D eigenvalue weighted by Crippen LogP contribution is 2.51. The van der Waals surface area contributed by atoms with Gasteiger partial charge in [0.25, 0.3) is 0 Å². The number of benzene rings is 2. The molecule has 142 valence electrons. The number of alkyl halides is 3. The molecule has 1 saturated carbocycles. The molecule has 0 bridgehead atoms. The molecule has 0 unspecified atom stereocenters. The standard InChI is InChI=1S/C20H18F3NO3/c1-11(12-6-7-17-18(8-12)27-10-26-17)24-19(25)15-9-14(15)13-4-2-3-5-16(13)20(21,22)23/h2-8,11,14-15H,9-10H2,1H3,(H,24,25)/t11-,14+,15-/m0/s1. The third-order valence-corrected chi connectivity index (χ3v) is 5.05. The molecule has 2 aliphatic rings. The van der Waals surface area contributed by atoms with Crippen LogP contribution < -0.4 is 14.8 Å². The number of fused-ring (bicyclic) bond motifs is 1. The Balaban J connectivity index is 1.44. The van der Waals surface area contributed by atoms with Crippen LogP contribution in [0, 0.1) is 5.92 Å². The fraction of sp³-hybridized carbons (Fsp3) is 0.350. The van der Waals surface area contributed by atoms with Gasteiger partial charge in [-0.1, -0.05) is 24.3 Å². The van der Waals surface area contributed by atoms with Gasteiger partial charge in [-0.15, -0.1) is 0 Å². The van der Waals surface area contributed by atoms with Crippen molar-refractivity contribution in [1.82, 2.24) is 5.32 Å². The van der Waals surface area contributed by atoms with Crippen LogP contribution in [0.3, 0.4) is 0 Å². The Morgan fingerprint density at radius 3 is 2.67 bits per heavy atom. The molecule has 2 aromatic carbocycles. The normalized spacial score (nSPS) is 21.6. The van der Waals surface area contributed by atoms with E-state index in [1.165, 1.54) is 12.1 Å². The Labute approximate surface area is 154 Å². The van der Waals surface area contributed by atoms with Gasteiger partial charge in [0.05, 0.1) is 11.6 Å². The van der Waals surface area contributed by atoms with E-state index in [1.807, 2.05) is 13.0 Å². The minimum absolute atomic E-state index is 0.169. The van der Waals surface area contributed by atoms with Crippen LogP contribution in [-0.4, -0.2) is 12.7 Å². The fourth-order valence-corrected chi connectivity index (χ4v) is 3.49. The Morgan fingerprint density at radius 2 is 1.89 bits per heavy atom. The van der Waals surface area contributed by atoms with Crippen LogP contribution in [0.2, 0.25) is 0 Å². The van der Waals surface area contributed by atoms with Gasteiger partial charge in [0, 0.05) is 5.92 Å². The van der Waals surface area contributed by atoms with Gasteiger partial charge in [-0.2, -0.15) is 13.2 Å². The maximum Gasteiger partial charge on any atom is 0.416 e. The van der Waals surface area contributed by atoms with Crippen LogP contribution in [0.1, 0.15) is 42.0 Å². The van der Waals surface area contributed by atoms with Gasteiger partial charge in [0.1, 0.15) is 0 Å². The molecule has 0 spiro atoms. The van der Waals surface area contributed by atoms with Gasteiger partial charge >= 0.3 is 6.18 Å². The van der Waals surface area contributed by atoms with Crippen LogP contribution in [0.25, 0.3) is 0 Å². The first-order valence-electron chi connectivity index (χ1n) is 8.70. The summed E-state index contributed by atoms with van der Waals surface area (Å²) in [5, 5.41) is 2.89. The second kappa shape index (κ2) is 6.48. The van der Waals surface area contributed by atoms with Gasteiger partial charge in [-0.3, -0.25) is 4.79 Å². The highest BCUT2D eigenvalue weighted by molar-refractivity contribution is 5.83. The zero-order valence-electron chi connectivity index (χ0n) is 14.5. The predicted molar refractivity (Wildman–Crippen MR) is 91.4 cm³/mol. The summed E-state index contributed by atoms with van der Waals surface area (Å²) >= 11 is 0. The Kier molecular flexibility index (Phi) is 4.25. The first kappa shape index (κ1) is 17.7. The molecule has 1 N–H and O–H groups in total. The van der Waals surface area contributed by atoms with Gasteiger partial charge in [0.2, 0.25) is 12.7 Å². The van der Waals surface area contributed by atoms with Crippen LogP contribution in [0.5, 0.6) is 11.5 Å². The third kappa shape index (κ3) is 3.46. The van der Waals surface area contributed by atoms with Crippen LogP contribution in [0.4, 0.5) is 13.2 Å². The van der Waals surface area contributed by atoms with Crippen molar-refractivity contribution in [3.63, 3.8) is 0 Å². The van der Waals surface area contributed by atoms with Crippen molar-refractivity contribution in [3.8, 4) is 11.5 Å². The summed E-state index contributed by atoms with van der Waals surface area (Å²) < 4.78 is 50.1. The number of halogens is 3. The fourth-order valence-electron chi connectivity index (χ4n) is 3.49. The third-order valence-electron chi connectivity index (χ3n) is 5.05. The van der Waals surface area contributed by atoms with Crippen LogP contribution in [-0.2, 0) is 11.0 Å². The van der Waals surface area contributed by atoms with E-state index in [9.17, 15) is 18.0 Å². The Bertz CT molecular complexity index is 881. The van der Waals surface area contributed by atoms with E-state index in [1.54, 1.807) is 18.2 Å². The molecule has 27 heavy (non-hydrogen) atoms. The van der Waals surface area contributed by atoms with E-state index in [4.69, 9.17) is 9.47 Å². The highest BCUT2D eigenvalue weighted by atomic mass is 19.4. The van der Waals surface area contributed by atoms with Crippen molar-refractivity contribution in [3.05, 3.63) is 59.2 Å². The molecule has 1 aliphatic heterocycles. The lowest BCUT2D eigenvalue weighted by Crippen LogP contribution is -2.28. The molecule has 1 heterocycles. The zero-order chi connectivity index (χ0) is 19.2. The quantitative estimate of drug-likeness (QED) is 0.858. The lowest BCUT2D eigenvalue weighted by molar-refractivity contribution is -0.138. The molecular formula is C20H18F3NO3. The summed E-state index contributed by atoms with van der Waals surface area (Å²) in [4.78, 5) is 12.5. The average Bonchev–Trinajstić information content (AvgIpc) is 3.30. The molecule has 4 rings (SSSR count). The van der Waals surface area contributed by atoms with E-state index in [0.717, 1.165) is 11.6 Å². The predicted octanol–water partition coefficient (Wildman–Crippen LogP) is 4.42. The summed E-state index contributed by atoms with van der Waals surface area (Å²) in [6.07, 6.45) is -3.99. The number of carbonyl (C=O) groups excluding carboxylic acids is 1. The van der Waals surface area contributed by atoms with Crippen LogP contribution >= 0.6 is 0 Å². The molecule has 1 aliphatic carbocycles. The molecule has 0 radical (unpaired) electrons. The van der Waals surface area contributed by atoms with E-state index >= 15 is 0 Å². The number of rotatable bonds is 4. The van der Waals surface area contributed by atoms with Crippen molar-refractivity contribution in [2.45, 2.75) is 31.5 Å². The van der Waals surface area contributed by atoms with Gasteiger partial charge in [-0.05, 0) is 48.6 Å². The van der Waals surface area contributed by atoms with E-state index < -0.39 is 23.6 Å². The second-order valence-corrected chi connectivity index (χ2v) is 6.88.